The number of nitrogens with zero attached hydrogens (tertiary/aromatic N) is 9. The van der Waals surface area contributed by atoms with E-state index in [1.165, 1.54) is 22.0 Å². The van der Waals surface area contributed by atoms with E-state index in [9.17, 15) is 24.8 Å². The Bertz CT molecular complexity index is 3320. The summed E-state index contributed by atoms with van der Waals surface area (Å²) >= 11 is 0. The number of hydrogen-bond donors (Lipinski definition) is 1. The average Bonchev–Trinajstić information content (AvgIpc) is 3.99. The minimum atomic E-state index is -1.91. The van der Waals surface area contributed by atoms with Crippen molar-refractivity contribution in [2.75, 3.05) is 62.8 Å². The van der Waals surface area contributed by atoms with Crippen molar-refractivity contribution in [3.8, 4) is 29.2 Å². The van der Waals surface area contributed by atoms with Gasteiger partial charge in [-0.3, -0.25) is 9.59 Å². The molecule has 0 saturated carbocycles. The van der Waals surface area contributed by atoms with Gasteiger partial charge in [0.25, 0.3) is 11.5 Å². The molecule has 3 atom stereocenters. The normalized spacial score (nSPS) is 20.4. The summed E-state index contributed by atoms with van der Waals surface area (Å²) in [6.45, 7) is 14.2. The average molecular weight is 970 g/mol. The SMILES string of the molecule is C=C(COc1ccc2nc3c(c(CC)c2c1)Cn1c-3cc2c(c1=O)COC(=O)C2(O)CC)C(=O)N1CCN(c2nc(OCC3CCCN3C)nc3c2CCN(c2cccc4cccc(C)c24)C3)CC1CC#N. The van der Waals surface area contributed by atoms with Crippen LogP contribution in [-0.4, -0.2) is 111 Å². The van der Waals surface area contributed by atoms with Gasteiger partial charge in [0.05, 0.1) is 59.8 Å². The summed E-state index contributed by atoms with van der Waals surface area (Å²) in [5.74, 6) is 0.293. The fourth-order valence-corrected chi connectivity index (χ4v) is 11.7. The maximum atomic E-state index is 14.3. The Kier molecular flexibility index (Phi) is 12.2. The Labute approximate surface area is 418 Å². The molecule has 370 valence electrons. The fraction of sp³-hybridized carbons (Fsp3) is 0.411. The number of benzene rings is 3. The van der Waals surface area contributed by atoms with Crippen LogP contribution >= 0.6 is 0 Å². The Balaban J connectivity index is 0.813. The molecule has 2 saturated heterocycles. The van der Waals surface area contributed by atoms with Crippen molar-refractivity contribution in [1.82, 2.24) is 29.3 Å². The minimum Gasteiger partial charge on any atom is -0.489 e. The number of anilines is 2. The van der Waals surface area contributed by atoms with E-state index >= 15 is 0 Å². The van der Waals surface area contributed by atoms with Crippen LogP contribution < -0.4 is 24.8 Å². The van der Waals surface area contributed by atoms with E-state index in [-0.39, 0.29) is 66.8 Å². The second kappa shape index (κ2) is 18.7. The van der Waals surface area contributed by atoms with E-state index in [1.54, 1.807) is 28.5 Å². The number of aromatic nitrogens is 4. The molecule has 5 aliphatic heterocycles. The maximum Gasteiger partial charge on any atom is 0.343 e. The molecule has 1 amide bonds. The second-order valence-electron chi connectivity index (χ2n) is 19.9. The lowest BCUT2D eigenvalue weighted by molar-refractivity contribution is -0.172. The van der Waals surface area contributed by atoms with Crippen LogP contribution in [0.5, 0.6) is 11.8 Å². The Morgan fingerprint density at radius 3 is 2.57 bits per heavy atom. The highest BCUT2D eigenvalue weighted by molar-refractivity contribution is 5.97. The molecule has 3 unspecified atom stereocenters. The van der Waals surface area contributed by atoms with Crippen molar-refractivity contribution >= 4 is 45.1 Å². The Hall–Kier alpha value is -7.35. The highest BCUT2D eigenvalue weighted by atomic mass is 16.6. The van der Waals surface area contributed by atoms with Gasteiger partial charge in [-0.05, 0) is 99.5 Å². The van der Waals surface area contributed by atoms with Crippen LogP contribution in [0.1, 0.15) is 78.6 Å². The Morgan fingerprint density at radius 2 is 1.79 bits per heavy atom. The van der Waals surface area contributed by atoms with Crippen LogP contribution in [0.15, 0.2) is 77.6 Å². The predicted molar refractivity (Wildman–Crippen MR) is 273 cm³/mol. The summed E-state index contributed by atoms with van der Waals surface area (Å²) in [5, 5.41) is 24.7. The van der Waals surface area contributed by atoms with Crippen LogP contribution in [0.2, 0.25) is 0 Å². The molecular formula is C56H59N9O7. The molecule has 6 aromatic rings. The van der Waals surface area contributed by atoms with Crippen LogP contribution in [0.3, 0.4) is 0 Å². The number of piperazine rings is 1. The molecule has 0 radical (unpaired) electrons. The number of fused-ring (bicyclic) bond motifs is 7. The van der Waals surface area contributed by atoms with Gasteiger partial charge >= 0.3 is 12.0 Å². The molecule has 5 aliphatic rings. The van der Waals surface area contributed by atoms with Crippen molar-refractivity contribution in [2.24, 2.45) is 0 Å². The smallest absolute Gasteiger partial charge is 0.343 e. The number of aliphatic hydroxyl groups is 1. The lowest BCUT2D eigenvalue weighted by atomic mass is 9.86. The van der Waals surface area contributed by atoms with Crippen LogP contribution in [0, 0.1) is 18.3 Å². The van der Waals surface area contributed by atoms with Gasteiger partial charge in [0.15, 0.2) is 5.60 Å². The molecule has 0 spiro atoms. The van der Waals surface area contributed by atoms with E-state index in [2.05, 4.69) is 77.7 Å². The number of likely N-dealkylation sites (tertiary alicyclic amines) is 1. The molecule has 3 aromatic heterocycles. The van der Waals surface area contributed by atoms with E-state index in [0.717, 1.165) is 65.9 Å². The van der Waals surface area contributed by atoms with Gasteiger partial charge in [-0.1, -0.05) is 50.8 Å². The van der Waals surface area contributed by atoms with Gasteiger partial charge in [-0.2, -0.15) is 15.2 Å². The summed E-state index contributed by atoms with van der Waals surface area (Å²) in [4.78, 5) is 64.7. The summed E-state index contributed by atoms with van der Waals surface area (Å²) in [6.07, 6.45) is 3.74. The van der Waals surface area contributed by atoms with E-state index < -0.39 is 17.6 Å². The zero-order valence-electron chi connectivity index (χ0n) is 41.4. The summed E-state index contributed by atoms with van der Waals surface area (Å²) in [5.41, 5.74) is 6.74. The third-order valence-electron chi connectivity index (χ3n) is 15.7. The molecule has 16 heteroatoms. The van der Waals surface area contributed by atoms with Gasteiger partial charge in [0.2, 0.25) is 0 Å². The molecule has 0 bridgehead atoms. The zero-order chi connectivity index (χ0) is 50.0. The molecular weight excluding hydrogens is 911 g/mol. The van der Waals surface area contributed by atoms with Gasteiger partial charge in [-0.15, -0.1) is 0 Å². The second-order valence-corrected chi connectivity index (χ2v) is 19.9. The van der Waals surface area contributed by atoms with E-state index in [4.69, 9.17) is 29.2 Å². The van der Waals surface area contributed by atoms with Crippen LogP contribution in [0.25, 0.3) is 33.1 Å². The van der Waals surface area contributed by atoms with Gasteiger partial charge in [0.1, 0.15) is 31.4 Å². The number of carbonyl (C=O) groups excluding carboxylic acids is 2. The zero-order valence-corrected chi connectivity index (χ0v) is 41.4. The number of nitriles is 1. The highest BCUT2D eigenvalue weighted by Gasteiger charge is 2.46. The third-order valence-corrected chi connectivity index (χ3v) is 15.7. The number of aryl methyl sites for hydroxylation is 2. The first-order chi connectivity index (χ1) is 34.9. The molecule has 2 fully saturated rings. The van der Waals surface area contributed by atoms with Gasteiger partial charge in [0, 0.05) is 70.9 Å². The number of ether oxygens (including phenoxy) is 3. The molecule has 3 aromatic carbocycles. The first-order valence-electron chi connectivity index (χ1n) is 25.2. The molecule has 8 heterocycles. The maximum absolute atomic E-state index is 14.3. The quantitative estimate of drug-likeness (QED) is 0.104. The number of cyclic esters (lactones) is 1. The lowest BCUT2D eigenvalue weighted by Crippen LogP contribution is -2.56. The number of pyridine rings is 2. The van der Waals surface area contributed by atoms with Crippen molar-refractivity contribution < 1.29 is 28.9 Å². The van der Waals surface area contributed by atoms with E-state index in [1.807, 2.05) is 19.1 Å². The first kappa shape index (κ1) is 47.0. The van der Waals surface area contributed by atoms with Gasteiger partial charge in [-0.25, -0.2) is 9.78 Å². The molecule has 16 nitrogen and oxygen atoms in total. The number of rotatable bonds is 12. The van der Waals surface area contributed by atoms with Crippen LogP contribution in [0.4, 0.5) is 11.5 Å². The number of amides is 1. The molecule has 11 rings (SSSR count). The summed E-state index contributed by atoms with van der Waals surface area (Å²) < 4.78 is 19.6. The van der Waals surface area contributed by atoms with Crippen molar-refractivity contribution in [1.29, 1.82) is 5.26 Å². The molecule has 0 aliphatic carbocycles. The Morgan fingerprint density at radius 1 is 0.958 bits per heavy atom. The van der Waals surface area contributed by atoms with Crippen molar-refractivity contribution in [3.05, 3.63) is 122 Å². The van der Waals surface area contributed by atoms with Crippen molar-refractivity contribution in [3.63, 3.8) is 0 Å². The number of carbonyl (C=O) groups is 2. The number of hydrogen-bond acceptors (Lipinski definition) is 14. The third kappa shape index (κ3) is 7.99. The summed E-state index contributed by atoms with van der Waals surface area (Å²) in [7, 11) is 2.13. The molecule has 72 heavy (non-hydrogen) atoms. The highest BCUT2D eigenvalue weighted by Crippen LogP contribution is 2.42. The fourth-order valence-electron chi connectivity index (χ4n) is 11.7. The summed E-state index contributed by atoms with van der Waals surface area (Å²) in [6, 6.07) is 22.7. The largest absolute Gasteiger partial charge is 0.489 e. The minimum absolute atomic E-state index is 0.0621. The number of likely N-dealkylation sites (N-methyl/N-ethyl adjacent to an activating group) is 1. The topological polar surface area (TPSA) is 179 Å². The van der Waals surface area contributed by atoms with Crippen LogP contribution in [-0.2, 0) is 52.5 Å². The van der Waals surface area contributed by atoms with Crippen molar-refractivity contribution in [2.45, 2.75) is 96.7 Å². The standard InChI is InChI=1S/C56H59N9O7/c1-6-39-41-25-38(16-17-45(41)58-50-42(39)28-65-48(50)26-44-43(53(65)67)32-71-54(68)56(44,69)7-2)70-30-34(4)52(66)64-24-23-63(27-36(64)18-20-57)51-40-19-22-62(47-15-9-13-35-12-8-11-33(3)49(35)47)29-46(40)59-55(60-51)72-31-37-14-10-21-61(37)5/h8-9,11-13,15-17,25-26,36-37,69H,4,6-7,10,14,18-19,21-24,27-32H2,1-3,5H3. The van der Waals surface area contributed by atoms with E-state index in [0.29, 0.717) is 67.9 Å². The lowest BCUT2D eigenvalue weighted by Gasteiger charge is -2.42. The molecule has 1 N–H and O–H groups in total. The first-order valence-corrected chi connectivity index (χ1v) is 25.2. The predicted octanol–water partition coefficient (Wildman–Crippen LogP) is 6.50. The van der Waals surface area contributed by atoms with Gasteiger partial charge < -0.3 is 43.5 Å². The number of esters is 1. The monoisotopic (exact) mass is 969 g/mol.